The van der Waals surface area contributed by atoms with Gasteiger partial charge in [-0.1, -0.05) is 0 Å². The Labute approximate surface area is 278 Å². The van der Waals surface area contributed by atoms with Crippen molar-refractivity contribution in [3.63, 3.8) is 0 Å². The van der Waals surface area contributed by atoms with E-state index in [1.807, 2.05) is 16.9 Å². The second kappa shape index (κ2) is 20.5. The van der Waals surface area contributed by atoms with E-state index < -0.39 is 20.1 Å². The Morgan fingerprint density at radius 1 is 0.894 bits per heavy atom. The molecule has 2 aliphatic heterocycles. The third kappa shape index (κ3) is 12.1. The van der Waals surface area contributed by atoms with E-state index in [0.717, 1.165) is 35.5 Å². The number of hydrogen-bond acceptors (Lipinski definition) is 13. The van der Waals surface area contributed by atoms with Crippen LogP contribution in [-0.2, 0) is 36.9 Å². The molecular weight excluding hydrogens is 610 g/mol. The SMILES string of the molecule is C1CCOC1.COC(=O)/C=C/c1cc(OC)c(OC)cc1CNB(C)O.COC(=O)CC1c2cc(OC)c(OC)cc2CN1B(C)O. The number of fused-ring (bicyclic) bond motifs is 1. The van der Waals surface area contributed by atoms with Crippen molar-refractivity contribution in [2.75, 3.05) is 55.9 Å². The Hall–Kier alpha value is -3.75. The predicted octanol–water partition coefficient (Wildman–Crippen LogP) is 3.12. The minimum atomic E-state index is -0.663. The summed E-state index contributed by atoms with van der Waals surface area (Å²) in [4.78, 5) is 24.7. The molecule has 1 saturated heterocycles. The molecule has 2 aromatic rings. The molecule has 1 fully saturated rings. The maximum atomic E-state index is 11.6. The molecule has 15 heteroatoms. The van der Waals surface area contributed by atoms with Gasteiger partial charge in [-0.2, -0.15) is 0 Å². The average Bonchev–Trinajstić information content (AvgIpc) is 3.78. The van der Waals surface area contributed by atoms with Crippen molar-refractivity contribution in [2.45, 2.75) is 52.0 Å². The van der Waals surface area contributed by atoms with Gasteiger partial charge in [0, 0.05) is 38.4 Å². The van der Waals surface area contributed by atoms with Crippen molar-refractivity contribution < 1.29 is 52.8 Å². The van der Waals surface area contributed by atoms with Crippen molar-refractivity contribution in [3.05, 3.63) is 52.6 Å². The Kier molecular flexibility index (Phi) is 17.2. The summed E-state index contributed by atoms with van der Waals surface area (Å²) in [5.74, 6) is 1.63. The highest BCUT2D eigenvalue weighted by molar-refractivity contribution is 6.45. The monoisotopic (exact) mass is 658 g/mol. The molecule has 1 unspecified atom stereocenters. The minimum Gasteiger partial charge on any atom is -0.493 e. The van der Waals surface area contributed by atoms with Gasteiger partial charge in [0.15, 0.2) is 23.0 Å². The maximum Gasteiger partial charge on any atom is 0.377 e. The van der Waals surface area contributed by atoms with Gasteiger partial charge in [-0.25, -0.2) is 4.79 Å². The summed E-state index contributed by atoms with van der Waals surface area (Å²) in [6.45, 7) is 6.28. The molecule has 3 N–H and O–H groups in total. The molecule has 0 bridgehead atoms. The first kappa shape index (κ1) is 39.4. The number of methoxy groups -OCH3 is 6. The highest BCUT2D eigenvalue weighted by atomic mass is 16.5. The standard InChI is InChI=1S/2C14H20BNO5.C4H8O/c1-15(18)16-8-9-5-12(19-2)13(20-3)6-10(9)11(16)7-14(17)21-4;1-15(18)16-9-11-8-13(20-3)12(19-2)7-10(11)5-6-14(17)21-4;1-2-4-5-3-1/h5-6,11,18H,7-8H2,1-4H3;5-8,16,18H,9H2,1-4H3;1-4H2/b;6-5+;. The number of rotatable bonds is 12. The first-order chi connectivity index (χ1) is 22.5. The van der Waals surface area contributed by atoms with Crippen molar-refractivity contribution in [3.8, 4) is 23.0 Å². The van der Waals surface area contributed by atoms with Gasteiger partial charge in [-0.05, 0) is 79.1 Å². The Bertz CT molecular complexity index is 1310. The number of carbonyl (C=O) groups is 2. The highest BCUT2D eigenvalue weighted by Crippen LogP contribution is 2.42. The van der Waals surface area contributed by atoms with Gasteiger partial charge in [0.1, 0.15) is 0 Å². The van der Waals surface area contributed by atoms with E-state index in [-0.39, 0.29) is 18.4 Å². The minimum absolute atomic E-state index is 0.184. The topological polar surface area (TPSA) is 154 Å². The van der Waals surface area contributed by atoms with Gasteiger partial charge >= 0.3 is 26.0 Å². The smallest absolute Gasteiger partial charge is 0.377 e. The van der Waals surface area contributed by atoms with E-state index in [9.17, 15) is 19.6 Å². The molecule has 47 heavy (non-hydrogen) atoms. The Morgan fingerprint density at radius 3 is 1.96 bits per heavy atom. The Balaban J connectivity index is 0.000000284. The van der Waals surface area contributed by atoms with Gasteiger partial charge in [-0.15, -0.1) is 0 Å². The van der Waals surface area contributed by atoms with Gasteiger partial charge in [0.2, 0.25) is 0 Å². The molecule has 2 aromatic carbocycles. The van der Waals surface area contributed by atoms with Gasteiger partial charge < -0.3 is 53.2 Å². The fraction of sp³-hybridized carbons (Fsp3) is 0.500. The van der Waals surface area contributed by atoms with Crippen LogP contribution in [0.15, 0.2) is 30.3 Å². The maximum absolute atomic E-state index is 11.6. The summed E-state index contributed by atoms with van der Waals surface area (Å²) in [5, 5.41) is 22.2. The number of nitrogens with one attached hydrogen (secondary N) is 1. The summed E-state index contributed by atoms with van der Waals surface area (Å²) in [7, 11) is 7.61. The summed E-state index contributed by atoms with van der Waals surface area (Å²) in [6.07, 6.45) is 5.70. The summed E-state index contributed by atoms with van der Waals surface area (Å²) < 4.78 is 35.4. The predicted molar refractivity (Wildman–Crippen MR) is 180 cm³/mol. The van der Waals surface area contributed by atoms with Crippen molar-refractivity contribution in [2.24, 2.45) is 0 Å². The number of esters is 2. The lowest BCUT2D eigenvalue weighted by atomic mass is 9.83. The number of ether oxygens (including phenoxy) is 7. The zero-order chi connectivity index (χ0) is 34.9. The molecule has 0 aromatic heterocycles. The molecule has 2 heterocycles. The molecule has 0 radical (unpaired) electrons. The van der Waals surface area contributed by atoms with E-state index >= 15 is 0 Å². The zero-order valence-corrected chi connectivity index (χ0v) is 28.7. The lowest BCUT2D eigenvalue weighted by molar-refractivity contribution is -0.141. The first-order valence-electron chi connectivity index (χ1n) is 15.3. The van der Waals surface area contributed by atoms with Crippen molar-refractivity contribution in [1.29, 1.82) is 0 Å². The summed E-state index contributed by atoms with van der Waals surface area (Å²) in [5.41, 5.74) is 3.60. The number of hydrogen-bond donors (Lipinski definition) is 3. The van der Waals surface area contributed by atoms with Crippen LogP contribution < -0.4 is 24.2 Å². The fourth-order valence-corrected chi connectivity index (χ4v) is 4.97. The van der Waals surface area contributed by atoms with Gasteiger partial charge in [0.25, 0.3) is 0 Å². The largest absolute Gasteiger partial charge is 0.493 e. The molecule has 0 aliphatic carbocycles. The molecule has 0 saturated carbocycles. The second-order valence-electron chi connectivity index (χ2n) is 10.6. The van der Waals surface area contributed by atoms with Crippen LogP contribution in [0.2, 0.25) is 13.6 Å². The molecule has 0 amide bonds. The Morgan fingerprint density at radius 2 is 1.47 bits per heavy atom. The van der Waals surface area contributed by atoms with Crippen LogP contribution in [0.5, 0.6) is 23.0 Å². The number of benzene rings is 2. The summed E-state index contributed by atoms with van der Waals surface area (Å²) in [6, 6.07) is 7.08. The third-order valence-electron chi connectivity index (χ3n) is 7.49. The fourth-order valence-electron chi connectivity index (χ4n) is 4.97. The molecule has 2 aliphatic rings. The highest BCUT2D eigenvalue weighted by Gasteiger charge is 2.37. The molecular formula is C32H48B2N2O11. The summed E-state index contributed by atoms with van der Waals surface area (Å²) >= 11 is 0. The quantitative estimate of drug-likeness (QED) is 0.174. The van der Waals surface area contributed by atoms with E-state index in [1.165, 1.54) is 33.1 Å². The van der Waals surface area contributed by atoms with Crippen LogP contribution in [0.1, 0.15) is 47.6 Å². The molecule has 4 rings (SSSR count). The van der Waals surface area contributed by atoms with Crippen molar-refractivity contribution in [1.82, 2.24) is 10.0 Å². The number of carbonyl (C=O) groups excluding carboxylic acids is 2. The van der Waals surface area contributed by atoms with Gasteiger partial charge in [-0.3, -0.25) is 4.79 Å². The van der Waals surface area contributed by atoms with E-state index in [1.54, 1.807) is 60.3 Å². The zero-order valence-electron chi connectivity index (χ0n) is 28.7. The molecule has 0 spiro atoms. The van der Waals surface area contributed by atoms with Crippen molar-refractivity contribution >= 4 is 32.1 Å². The van der Waals surface area contributed by atoms with Crippen LogP contribution in [0.3, 0.4) is 0 Å². The normalized spacial score (nSPS) is 15.0. The van der Waals surface area contributed by atoms with E-state index in [2.05, 4.69) is 9.96 Å². The molecule has 1 atom stereocenters. The second-order valence-corrected chi connectivity index (χ2v) is 10.6. The van der Waals surface area contributed by atoms with Gasteiger partial charge in [0.05, 0.1) is 49.1 Å². The van der Waals surface area contributed by atoms with E-state index in [4.69, 9.17) is 28.4 Å². The van der Waals surface area contributed by atoms with Crippen LogP contribution in [0, 0.1) is 0 Å². The van der Waals surface area contributed by atoms with E-state index in [0.29, 0.717) is 36.1 Å². The van der Waals surface area contributed by atoms with Crippen LogP contribution in [0.25, 0.3) is 6.08 Å². The van der Waals surface area contributed by atoms with Crippen LogP contribution >= 0.6 is 0 Å². The molecule has 13 nitrogen and oxygen atoms in total. The lowest BCUT2D eigenvalue weighted by Gasteiger charge is -2.25. The third-order valence-corrected chi connectivity index (χ3v) is 7.49. The first-order valence-corrected chi connectivity index (χ1v) is 15.3. The van der Waals surface area contributed by atoms with Crippen LogP contribution in [-0.4, -0.2) is 96.8 Å². The lowest BCUT2D eigenvalue weighted by Crippen LogP contribution is -2.36. The molecule has 258 valence electrons. The van der Waals surface area contributed by atoms with Crippen LogP contribution in [0.4, 0.5) is 0 Å². The number of nitrogens with zero attached hydrogens (tertiary/aromatic N) is 1. The average molecular weight is 658 g/mol.